The fraction of sp³-hybridized carbons (Fsp3) is 0.214. The first kappa shape index (κ1) is 13.8. The highest BCUT2D eigenvalue weighted by Crippen LogP contribution is 2.15. The van der Waals surface area contributed by atoms with Crippen LogP contribution in [0.3, 0.4) is 0 Å². The molecule has 0 unspecified atom stereocenters. The minimum Gasteiger partial charge on any atom is -0.452 e. The number of hydrogen-bond acceptors (Lipinski definition) is 4. The molecular weight excluding hydrogens is 260 g/mol. The summed E-state index contributed by atoms with van der Waals surface area (Å²) in [4.78, 5) is 38.9. The number of hydrogen-bond donors (Lipinski definition) is 1. The largest absolute Gasteiger partial charge is 0.452 e. The van der Waals surface area contributed by atoms with Crippen LogP contribution < -0.4 is 5.56 Å². The second-order valence-corrected chi connectivity index (χ2v) is 4.46. The number of fused-ring (bicyclic) bond motifs is 1. The fourth-order valence-electron chi connectivity index (χ4n) is 1.71. The van der Waals surface area contributed by atoms with E-state index in [-0.39, 0.29) is 18.1 Å². The molecular formula is C14H14N2O4. The van der Waals surface area contributed by atoms with Crippen molar-refractivity contribution in [3.8, 4) is 0 Å². The summed E-state index contributed by atoms with van der Waals surface area (Å²) in [5.41, 5.74) is 0.302. The zero-order valence-corrected chi connectivity index (χ0v) is 11.2. The molecule has 0 fully saturated rings. The molecule has 1 N–H and O–H groups in total. The zero-order chi connectivity index (χ0) is 14.7. The van der Waals surface area contributed by atoms with E-state index in [4.69, 9.17) is 4.74 Å². The Morgan fingerprint density at radius 1 is 1.25 bits per heavy atom. The van der Waals surface area contributed by atoms with Gasteiger partial charge in [-0.25, -0.2) is 4.79 Å². The van der Waals surface area contributed by atoms with Gasteiger partial charge in [0, 0.05) is 31.1 Å². The van der Waals surface area contributed by atoms with Crippen molar-refractivity contribution in [2.75, 3.05) is 20.7 Å². The molecule has 6 nitrogen and oxygen atoms in total. The number of para-hydroxylation sites is 1. The van der Waals surface area contributed by atoms with Crippen molar-refractivity contribution in [3.63, 3.8) is 0 Å². The van der Waals surface area contributed by atoms with Gasteiger partial charge in [0.2, 0.25) is 5.56 Å². The highest BCUT2D eigenvalue weighted by molar-refractivity contribution is 6.03. The van der Waals surface area contributed by atoms with Gasteiger partial charge >= 0.3 is 5.97 Å². The number of ether oxygens (including phenoxy) is 1. The number of nitrogens with zero attached hydrogens (tertiary/aromatic N) is 1. The number of aromatic amines is 1. The van der Waals surface area contributed by atoms with Crippen LogP contribution in [-0.4, -0.2) is 42.5 Å². The summed E-state index contributed by atoms with van der Waals surface area (Å²) in [5, 5.41) is 0.578. The van der Waals surface area contributed by atoms with E-state index in [9.17, 15) is 14.4 Å². The van der Waals surface area contributed by atoms with E-state index in [0.29, 0.717) is 10.9 Å². The van der Waals surface area contributed by atoms with Crippen LogP contribution in [-0.2, 0) is 9.53 Å². The van der Waals surface area contributed by atoms with E-state index in [1.807, 2.05) is 0 Å². The minimum absolute atomic E-state index is 0.149. The van der Waals surface area contributed by atoms with Crippen molar-refractivity contribution in [1.82, 2.24) is 9.88 Å². The van der Waals surface area contributed by atoms with Gasteiger partial charge in [-0.3, -0.25) is 9.59 Å². The lowest BCUT2D eigenvalue weighted by atomic mass is 10.1. The molecule has 104 valence electrons. The summed E-state index contributed by atoms with van der Waals surface area (Å²) in [7, 11) is 3.14. The van der Waals surface area contributed by atoms with Gasteiger partial charge in [0.15, 0.2) is 6.61 Å². The quantitative estimate of drug-likeness (QED) is 0.838. The number of carbonyl (C=O) groups excluding carboxylic acids is 2. The van der Waals surface area contributed by atoms with Crippen molar-refractivity contribution in [2.45, 2.75) is 0 Å². The molecule has 6 heteroatoms. The van der Waals surface area contributed by atoms with Gasteiger partial charge in [-0.05, 0) is 6.07 Å². The van der Waals surface area contributed by atoms with E-state index in [1.54, 1.807) is 38.4 Å². The number of nitrogens with one attached hydrogen (secondary N) is 1. The van der Waals surface area contributed by atoms with Crippen LogP contribution >= 0.6 is 0 Å². The first-order valence-corrected chi connectivity index (χ1v) is 5.98. The third-order valence-corrected chi connectivity index (χ3v) is 2.80. The summed E-state index contributed by atoms with van der Waals surface area (Å²) in [6.07, 6.45) is 0. The third-order valence-electron chi connectivity index (χ3n) is 2.80. The lowest BCUT2D eigenvalue weighted by Crippen LogP contribution is -2.27. The fourth-order valence-corrected chi connectivity index (χ4v) is 1.71. The molecule has 0 radical (unpaired) electrons. The van der Waals surface area contributed by atoms with Gasteiger partial charge in [0.1, 0.15) is 0 Å². The second kappa shape index (κ2) is 5.56. The topological polar surface area (TPSA) is 79.5 Å². The second-order valence-electron chi connectivity index (χ2n) is 4.46. The molecule has 0 aliphatic rings. The van der Waals surface area contributed by atoms with Crippen LogP contribution in [0.1, 0.15) is 10.4 Å². The van der Waals surface area contributed by atoms with E-state index in [2.05, 4.69) is 4.98 Å². The van der Waals surface area contributed by atoms with Crippen molar-refractivity contribution in [1.29, 1.82) is 0 Å². The van der Waals surface area contributed by atoms with E-state index in [1.165, 1.54) is 11.0 Å². The maximum Gasteiger partial charge on any atom is 0.339 e. The maximum absolute atomic E-state index is 12.0. The van der Waals surface area contributed by atoms with Crippen LogP contribution in [0.25, 0.3) is 10.9 Å². The summed E-state index contributed by atoms with van der Waals surface area (Å²) in [5.74, 6) is -1.02. The van der Waals surface area contributed by atoms with Gasteiger partial charge in [0.25, 0.3) is 5.91 Å². The summed E-state index contributed by atoms with van der Waals surface area (Å²) >= 11 is 0. The summed E-state index contributed by atoms with van der Waals surface area (Å²) in [6, 6.07) is 8.07. The monoisotopic (exact) mass is 274 g/mol. The molecule has 1 aromatic heterocycles. The number of esters is 1. The molecule has 0 aliphatic heterocycles. The Hall–Kier alpha value is -2.63. The highest BCUT2D eigenvalue weighted by Gasteiger charge is 2.15. The van der Waals surface area contributed by atoms with Crippen molar-refractivity contribution >= 4 is 22.8 Å². The maximum atomic E-state index is 12.0. The summed E-state index contributed by atoms with van der Waals surface area (Å²) in [6.45, 7) is -0.354. The third kappa shape index (κ3) is 2.85. The molecule has 2 aromatic rings. The number of aromatic nitrogens is 1. The molecule has 1 amide bonds. The van der Waals surface area contributed by atoms with Gasteiger partial charge < -0.3 is 14.6 Å². The Balaban J connectivity index is 2.30. The molecule has 0 spiro atoms. The lowest BCUT2D eigenvalue weighted by molar-refractivity contribution is -0.131. The Morgan fingerprint density at radius 2 is 1.95 bits per heavy atom. The van der Waals surface area contributed by atoms with E-state index in [0.717, 1.165) is 0 Å². The number of likely N-dealkylation sites (N-methyl/N-ethyl adjacent to an activating group) is 1. The Kier molecular flexibility index (Phi) is 3.84. The van der Waals surface area contributed by atoms with Crippen LogP contribution in [0.5, 0.6) is 0 Å². The normalized spacial score (nSPS) is 10.3. The SMILES string of the molecule is CN(C)C(=O)COC(=O)c1cc(=O)[nH]c2ccccc12. The molecule has 2 rings (SSSR count). The smallest absolute Gasteiger partial charge is 0.339 e. The number of benzene rings is 1. The molecule has 0 aliphatic carbocycles. The number of rotatable bonds is 3. The molecule has 1 heterocycles. The minimum atomic E-state index is -0.692. The number of H-pyrrole nitrogens is 1. The van der Waals surface area contributed by atoms with Crippen molar-refractivity contribution < 1.29 is 14.3 Å². The van der Waals surface area contributed by atoms with Gasteiger partial charge in [-0.15, -0.1) is 0 Å². The number of pyridine rings is 1. The Bertz CT molecular complexity index is 718. The van der Waals surface area contributed by atoms with Crippen molar-refractivity contribution in [2.24, 2.45) is 0 Å². The standard InChI is InChI=1S/C14H14N2O4/c1-16(2)13(18)8-20-14(19)10-7-12(17)15-11-6-4-3-5-9(10)11/h3-7H,8H2,1-2H3,(H,15,17). The molecule has 0 saturated carbocycles. The first-order valence-electron chi connectivity index (χ1n) is 5.98. The average molecular weight is 274 g/mol. The van der Waals surface area contributed by atoms with Crippen molar-refractivity contribution in [3.05, 3.63) is 46.2 Å². The van der Waals surface area contributed by atoms with Crippen LogP contribution in [0.4, 0.5) is 0 Å². The van der Waals surface area contributed by atoms with Crippen LogP contribution in [0.2, 0.25) is 0 Å². The average Bonchev–Trinajstić information content (AvgIpc) is 2.43. The first-order chi connectivity index (χ1) is 9.49. The van der Waals surface area contributed by atoms with E-state index < -0.39 is 11.5 Å². The molecule has 20 heavy (non-hydrogen) atoms. The molecule has 0 atom stereocenters. The predicted octanol–water partition coefficient (Wildman–Crippen LogP) is 0.773. The van der Waals surface area contributed by atoms with E-state index >= 15 is 0 Å². The Morgan fingerprint density at radius 3 is 2.65 bits per heavy atom. The molecule has 0 bridgehead atoms. The number of carbonyl (C=O) groups is 2. The van der Waals surface area contributed by atoms with Gasteiger partial charge in [-0.1, -0.05) is 18.2 Å². The zero-order valence-electron chi connectivity index (χ0n) is 11.2. The predicted molar refractivity (Wildman–Crippen MR) is 73.5 cm³/mol. The molecule has 0 saturated heterocycles. The lowest BCUT2D eigenvalue weighted by Gasteiger charge is -2.11. The highest BCUT2D eigenvalue weighted by atomic mass is 16.5. The number of amides is 1. The summed E-state index contributed by atoms with van der Waals surface area (Å²) < 4.78 is 4.93. The van der Waals surface area contributed by atoms with Gasteiger partial charge in [0.05, 0.1) is 5.56 Å². The van der Waals surface area contributed by atoms with Crippen LogP contribution in [0, 0.1) is 0 Å². The Labute approximate surface area is 115 Å². The van der Waals surface area contributed by atoms with Gasteiger partial charge in [-0.2, -0.15) is 0 Å². The molecule has 1 aromatic carbocycles. The van der Waals surface area contributed by atoms with Crippen LogP contribution in [0.15, 0.2) is 35.1 Å².